The highest BCUT2D eigenvalue weighted by molar-refractivity contribution is 7.92. The molecule has 0 saturated heterocycles. The van der Waals surface area contributed by atoms with Gasteiger partial charge >= 0.3 is 0 Å². The molecule has 0 radical (unpaired) electrons. The van der Waals surface area contributed by atoms with Crippen molar-refractivity contribution in [1.82, 2.24) is 0 Å². The van der Waals surface area contributed by atoms with Gasteiger partial charge in [-0.1, -0.05) is 48.0 Å². The molecule has 2 aromatic carbocycles. The largest absolute Gasteiger partial charge is 0.472 e. The molecule has 0 spiro atoms. The van der Waals surface area contributed by atoms with Crippen molar-refractivity contribution in [2.45, 2.75) is 23.3 Å². The van der Waals surface area contributed by atoms with Gasteiger partial charge in [0.25, 0.3) is 0 Å². The number of aryl methyl sites for hydroxylation is 1. The van der Waals surface area contributed by atoms with Crippen LogP contribution in [0.4, 0.5) is 0 Å². The predicted octanol–water partition coefficient (Wildman–Crippen LogP) is 2.89. The molecule has 0 N–H and O–H groups in total. The molecular formula is C16H15NO3S. The summed E-state index contributed by atoms with van der Waals surface area (Å²) in [4.78, 5) is 4.29. The summed E-state index contributed by atoms with van der Waals surface area (Å²) in [7, 11) is -3.58. The van der Waals surface area contributed by atoms with E-state index in [0.29, 0.717) is 0 Å². The Morgan fingerprint density at radius 3 is 2.33 bits per heavy atom. The van der Waals surface area contributed by atoms with Crippen molar-refractivity contribution in [3.05, 3.63) is 65.7 Å². The van der Waals surface area contributed by atoms with Crippen LogP contribution in [-0.4, -0.2) is 20.2 Å². The molecule has 0 amide bonds. The summed E-state index contributed by atoms with van der Waals surface area (Å²) in [6.07, 6.45) is 0.631. The Morgan fingerprint density at radius 1 is 1.00 bits per heavy atom. The Morgan fingerprint density at radius 2 is 1.67 bits per heavy atom. The lowest BCUT2D eigenvalue weighted by Crippen LogP contribution is -2.24. The maximum atomic E-state index is 12.7. The molecule has 2 atom stereocenters. The van der Waals surface area contributed by atoms with Crippen LogP contribution in [0.5, 0.6) is 0 Å². The minimum absolute atomic E-state index is 0.265. The highest BCUT2D eigenvalue weighted by atomic mass is 32.2. The third-order valence-electron chi connectivity index (χ3n) is 3.47. The summed E-state index contributed by atoms with van der Waals surface area (Å²) >= 11 is 0. The second-order valence-electron chi connectivity index (χ2n) is 4.97. The van der Waals surface area contributed by atoms with Gasteiger partial charge in [0.05, 0.1) is 4.90 Å². The van der Waals surface area contributed by atoms with Crippen LogP contribution in [0.25, 0.3) is 0 Å². The van der Waals surface area contributed by atoms with Gasteiger partial charge in [0.15, 0.2) is 17.9 Å². The van der Waals surface area contributed by atoms with E-state index in [9.17, 15) is 8.42 Å². The van der Waals surface area contributed by atoms with Crippen LogP contribution in [0.1, 0.15) is 17.2 Å². The molecule has 21 heavy (non-hydrogen) atoms. The Kier molecular flexibility index (Phi) is 3.51. The number of rotatable bonds is 3. The van der Waals surface area contributed by atoms with Crippen molar-refractivity contribution in [3.63, 3.8) is 0 Å². The average molecular weight is 301 g/mol. The van der Waals surface area contributed by atoms with E-state index in [4.69, 9.17) is 4.74 Å². The molecule has 2 aromatic rings. The van der Waals surface area contributed by atoms with Gasteiger partial charge in [0, 0.05) is 0 Å². The van der Waals surface area contributed by atoms with E-state index in [-0.39, 0.29) is 4.90 Å². The maximum Gasteiger partial charge on any atom is 0.205 e. The van der Waals surface area contributed by atoms with Crippen molar-refractivity contribution in [2.75, 3.05) is 0 Å². The van der Waals surface area contributed by atoms with E-state index in [2.05, 4.69) is 4.99 Å². The third kappa shape index (κ3) is 2.56. The Labute approximate surface area is 124 Å². The number of hydrogen-bond donors (Lipinski definition) is 0. The topological polar surface area (TPSA) is 55.7 Å². The van der Waals surface area contributed by atoms with Gasteiger partial charge in [-0.2, -0.15) is 0 Å². The number of hydrogen-bond acceptors (Lipinski definition) is 4. The van der Waals surface area contributed by atoms with E-state index >= 15 is 0 Å². The first-order valence-electron chi connectivity index (χ1n) is 6.62. The first kappa shape index (κ1) is 13.8. The molecule has 1 aliphatic heterocycles. The van der Waals surface area contributed by atoms with E-state index in [1.54, 1.807) is 24.3 Å². The molecule has 0 bridgehead atoms. The zero-order valence-electron chi connectivity index (χ0n) is 11.5. The molecule has 0 saturated carbocycles. The fraction of sp³-hybridized carbons (Fsp3) is 0.188. The second kappa shape index (κ2) is 5.33. The van der Waals surface area contributed by atoms with Crippen molar-refractivity contribution in [1.29, 1.82) is 0 Å². The summed E-state index contributed by atoms with van der Waals surface area (Å²) in [5, 5.41) is -0.942. The lowest BCUT2D eigenvalue weighted by Gasteiger charge is -2.18. The highest BCUT2D eigenvalue weighted by Crippen LogP contribution is 2.33. The van der Waals surface area contributed by atoms with Crippen LogP contribution in [0.15, 0.2) is 64.5 Å². The molecular weight excluding hydrogens is 286 g/mol. The smallest absolute Gasteiger partial charge is 0.205 e. The molecule has 5 heteroatoms. The maximum absolute atomic E-state index is 12.7. The average Bonchev–Trinajstić information content (AvgIpc) is 2.99. The molecule has 0 aromatic heterocycles. The van der Waals surface area contributed by atoms with Gasteiger partial charge < -0.3 is 4.74 Å². The summed E-state index contributed by atoms with van der Waals surface area (Å²) < 4.78 is 30.9. The quantitative estimate of drug-likeness (QED) is 0.876. The predicted molar refractivity (Wildman–Crippen MR) is 80.9 cm³/mol. The first-order chi connectivity index (χ1) is 10.1. The Hall–Kier alpha value is -2.14. The summed E-state index contributed by atoms with van der Waals surface area (Å²) in [6.45, 7) is 1.92. The number of aliphatic imine (C=N–C) groups is 1. The zero-order chi connectivity index (χ0) is 14.9. The third-order valence-corrected chi connectivity index (χ3v) is 5.40. The van der Waals surface area contributed by atoms with E-state index in [1.165, 1.54) is 6.40 Å². The van der Waals surface area contributed by atoms with Crippen LogP contribution < -0.4 is 0 Å². The normalized spacial score (nSPS) is 21.2. The van der Waals surface area contributed by atoms with Crippen molar-refractivity contribution in [3.8, 4) is 0 Å². The van der Waals surface area contributed by atoms with Gasteiger partial charge in [-0.15, -0.1) is 0 Å². The fourth-order valence-electron chi connectivity index (χ4n) is 2.30. The van der Waals surface area contributed by atoms with Crippen LogP contribution in [0.2, 0.25) is 0 Å². The highest BCUT2D eigenvalue weighted by Gasteiger charge is 2.39. The standard InChI is InChI=1S/C16H15NO3S/c1-12-7-9-14(10-8-12)21(18,19)16-15(20-11-17-16)13-5-3-2-4-6-13/h2-11,15-16H,1H3. The first-order valence-corrected chi connectivity index (χ1v) is 8.16. The van der Waals surface area contributed by atoms with Crippen molar-refractivity contribution in [2.24, 2.45) is 4.99 Å². The molecule has 108 valence electrons. The van der Waals surface area contributed by atoms with Crippen molar-refractivity contribution >= 4 is 16.2 Å². The fourth-order valence-corrected chi connectivity index (χ4v) is 3.85. The molecule has 4 nitrogen and oxygen atoms in total. The lowest BCUT2D eigenvalue weighted by molar-refractivity contribution is 0.227. The van der Waals surface area contributed by atoms with E-state index in [1.807, 2.05) is 37.3 Å². The van der Waals surface area contributed by atoms with Crippen LogP contribution in [0, 0.1) is 6.92 Å². The van der Waals surface area contributed by atoms with Crippen LogP contribution in [-0.2, 0) is 14.6 Å². The summed E-state index contributed by atoms with van der Waals surface area (Å²) in [5.74, 6) is 0. The zero-order valence-corrected chi connectivity index (χ0v) is 12.3. The molecule has 3 rings (SSSR count). The minimum atomic E-state index is -3.58. The monoisotopic (exact) mass is 301 g/mol. The van der Waals surface area contributed by atoms with Gasteiger partial charge in [-0.3, -0.25) is 0 Å². The van der Waals surface area contributed by atoms with E-state index in [0.717, 1.165) is 11.1 Å². The number of nitrogens with zero attached hydrogens (tertiary/aromatic N) is 1. The second-order valence-corrected chi connectivity index (χ2v) is 7.01. The van der Waals surface area contributed by atoms with E-state index < -0.39 is 21.3 Å². The molecule has 1 heterocycles. The van der Waals surface area contributed by atoms with Crippen LogP contribution >= 0.6 is 0 Å². The molecule has 1 aliphatic rings. The van der Waals surface area contributed by atoms with Gasteiger partial charge in [0.1, 0.15) is 0 Å². The SMILES string of the molecule is Cc1ccc(S(=O)(=O)C2N=COC2c2ccccc2)cc1. The summed E-state index contributed by atoms with van der Waals surface area (Å²) in [6, 6.07) is 16.1. The number of sulfone groups is 1. The molecule has 0 fully saturated rings. The van der Waals surface area contributed by atoms with Gasteiger partial charge in [0.2, 0.25) is 9.84 Å². The molecule has 2 unspecified atom stereocenters. The summed E-state index contributed by atoms with van der Waals surface area (Å²) in [5.41, 5.74) is 1.82. The number of ether oxygens (including phenoxy) is 1. The van der Waals surface area contributed by atoms with Gasteiger partial charge in [-0.25, -0.2) is 13.4 Å². The van der Waals surface area contributed by atoms with Crippen LogP contribution in [0.3, 0.4) is 0 Å². The Bertz CT molecular complexity index is 752. The minimum Gasteiger partial charge on any atom is -0.472 e. The van der Waals surface area contributed by atoms with Gasteiger partial charge in [-0.05, 0) is 24.6 Å². The lowest BCUT2D eigenvalue weighted by atomic mass is 10.1. The molecule has 0 aliphatic carbocycles. The van der Waals surface area contributed by atoms with Crippen molar-refractivity contribution < 1.29 is 13.2 Å². The Balaban J connectivity index is 1.98. The number of benzene rings is 2.